The minimum Gasteiger partial charge on any atom is -0.449 e. The predicted octanol–water partition coefficient (Wildman–Crippen LogP) is 8.52. The van der Waals surface area contributed by atoms with E-state index in [0.29, 0.717) is 30.3 Å². The highest BCUT2D eigenvalue weighted by atomic mass is 16.7. The Labute approximate surface area is 217 Å². The number of aromatic nitrogens is 1. The number of hydrogen-bond acceptors (Lipinski definition) is 4. The summed E-state index contributed by atoms with van der Waals surface area (Å²) in [4.78, 5) is 24.5. The molecule has 0 saturated heterocycles. The van der Waals surface area contributed by atoms with Gasteiger partial charge >= 0.3 is 6.16 Å². The summed E-state index contributed by atoms with van der Waals surface area (Å²) in [7, 11) is 0. The van der Waals surface area contributed by atoms with Crippen molar-refractivity contribution in [2.75, 3.05) is 6.61 Å². The summed E-state index contributed by atoms with van der Waals surface area (Å²) in [6.45, 7) is 2.62. The van der Waals surface area contributed by atoms with E-state index < -0.39 is 6.16 Å². The fourth-order valence-electron chi connectivity index (χ4n) is 4.97. The molecule has 0 atom stereocenters. The molecule has 0 bridgehead atoms. The highest BCUT2D eigenvalue weighted by Crippen LogP contribution is 2.34. The van der Waals surface area contributed by atoms with Crippen LogP contribution < -0.4 is 4.74 Å². The number of carboxylic acid groups (broad SMARTS) is 1. The van der Waals surface area contributed by atoms with Crippen LogP contribution in [0.4, 0.5) is 4.79 Å². The van der Waals surface area contributed by atoms with Crippen LogP contribution in [0, 0.1) is 0 Å². The highest BCUT2D eigenvalue weighted by Gasteiger charge is 2.25. The summed E-state index contributed by atoms with van der Waals surface area (Å²) >= 11 is 0. The molecular formula is C30H47NO5. The van der Waals surface area contributed by atoms with Crippen LogP contribution in [-0.4, -0.2) is 33.3 Å². The van der Waals surface area contributed by atoms with E-state index in [1.807, 2.05) is 24.3 Å². The molecule has 1 aromatic carbocycles. The number of rotatable bonds is 21. The second-order valence-corrected chi connectivity index (χ2v) is 9.92. The van der Waals surface area contributed by atoms with Crippen LogP contribution in [-0.2, 0) is 6.54 Å². The van der Waals surface area contributed by atoms with Gasteiger partial charge in [-0.25, -0.2) is 4.79 Å². The molecule has 6 nitrogen and oxygen atoms in total. The van der Waals surface area contributed by atoms with Crippen LogP contribution in [0.15, 0.2) is 24.3 Å². The summed E-state index contributed by atoms with van der Waals surface area (Å²) < 4.78 is 6.78. The van der Waals surface area contributed by atoms with E-state index in [9.17, 15) is 19.8 Å². The lowest BCUT2D eigenvalue weighted by Crippen LogP contribution is -2.12. The van der Waals surface area contributed by atoms with Gasteiger partial charge in [0.1, 0.15) is 0 Å². The molecule has 6 heteroatoms. The van der Waals surface area contributed by atoms with Gasteiger partial charge in [0.25, 0.3) is 0 Å². The number of hydrogen-bond donors (Lipinski definition) is 2. The number of Topliss-reactive ketones (excluding diaryl/α,β-unsaturated/α-hetero) is 1. The maximum atomic E-state index is 13.1. The highest BCUT2D eigenvalue weighted by molar-refractivity contribution is 6.11. The Morgan fingerprint density at radius 1 is 0.778 bits per heavy atom. The molecule has 2 rings (SSSR count). The van der Waals surface area contributed by atoms with Crippen LogP contribution in [0.25, 0.3) is 10.9 Å². The molecule has 0 amide bonds. The quantitative estimate of drug-likeness (QED) is 0.102. The number of unbranched alkanes of at least 4 members (excludes halogenated alkanes) is 14. The number of fused-ring (bicyclic) bond motifs is 1. The molecular weight excluding hydrogens is 454 g/mol. The molecule has 1 aromatic heterocycles. The van der Waals surface area contributed by atoms with Crippen molar-refractivity contribution in [3.8, 4) is 5.88 Å². The van der Waals surface area contributed by atoms with Gasteiger partial charge in [-0.2, -0.15) is 0 Å². The number of ether oxygens (including phenoxy) is 1. The maximum Gasteiger partial charge on any atom is 0.512 e. The Morgan fingerprint density at radius 2 is 1.31 bits per heavy atom. The summed E-state index contributed by atoms with van der Waals surface area (Å²) in [5, 5.41) is 19.2. The fraction of sp³-hybridized carbons (Fsp3) is 0.667. The zero-order chi connectivity index (χ0) is 26.0. The van der Waals surface area contributed by atoms with Crippen molar-refractivity contribution in [3.63, 3.8) is 0 Å². The van der Waals surface area contributed by atoms with Crippen molar-refractivity contribution >= 4 is 22.8 Å². The Morgan fingerprint density at radius 3 is 1.83 bits per heavy atom. The number of ketones is 1. The Kier molecular flexibility index (Phi) is 14.9. The molecule has 0 saturated carbocycles. The Bertz CT molecular complexity index is 904. The van der Waals surface area contributed by atoms with Gasteiger partial charge in [0.2, 0.25) is 5.88 Å². The number of aryl methyl sites for hydroxylation is 1. The fourth-order valence-corrected chi connectivity index (χ4v) is 4.97. The first-order chi connectivity index (χ1) is 17.6. The molecule has 2 aromatic rings. The van der Waals surface area contributed by atoms with Crippen LogP contribution in [0.1, 0.15) is 126 Å². The van der Waals surface area contributed by atoms with Crippen LogP contribution in [0.2, 0.25) is 0 Å². The minimum absolute atomic E-state index is 0.0264. The van der Waals surface area contributed by atoms with Crippen LogP contribution in [0.3, 0.4) is 0 Å². The maximum absolute atomic E-state index is 13.1. The van der Waals surface area contributed by atoms with E-state index >= 15 is 0 Å². The van der Waals surface area contributed by atoms with Gasteiger partial charge in [-0.15, -0.1) is 0 Å². The average molecular weight is 502 g/mol. The molecule has 1 heterocycles. The number of aliphatic hydroxyl groups excluding tert-OH is 1. The second kappa shape index (κ2) is 18.0. The summed E-state index contributed by atoms with van der Waals surface area (Å²) in [5.74, 6) is -0.0111. The van der Waals surface area contributed by atoms with Gasteiger partial charge in [0.15, 0.2) is 5.78 Å². The first-order valence-corrected chi connectivity index (χ1v) is 14.3. The molecule has 0 fully saturated rings. The van der Waals surface area contributed by atoms with Gasteiger partial charge in [0.05, 0.1) is 11.1 Å². The average Bonchev–Trinajstić information content (AvgIpc) is 3.17. The third kappa shape index (κ3) is 10.3. The summed E-state index contributed by atoms with van der Waals surface area (Å²) in [5.41, 5.74) is 1.10. The largest absolute Gasteiger partial charge is 0.512 e. The van der Waals surface area contributed by atoms with E-state index in [1.54, 1.807) is 4.57 Å². The molecule has 0 aliphatic heterocycles. The van der Waals surface area contributed by atoms with Crippen molar-refractivity contribution in [1.82, 2.24) is 4.57 Å². The lowest BCUT2D eigenvalue weighted by Gasteiger charge is -2.09. The van der Waals surface area contributed by atoms with Gasteiger partial charge in [-0.3, -0.25) is 4.79 Å². The molecule has 36 heavy (non-hydrogen) atoms. The Balaban J connectivity index is 1.72. The summed E-state index contributed by atoms with van der Waals surface area (Å²) in [6, 6.07) is 7.38. The number of aliphatic hydroxyl groups is 1. The molecule has 0 unspecified atom stereocenters. The zero-order valence-electron chi connectivity index (χ0n) is 22.3. The normalized spacial score (nSPS) is 11.3. The second-order valence-electron chi connectivity index (χ2n) is 9.92. The van der Waals surface area contributed by atoms with Crippen molar-refractivity contribution in [3.05, 3.63) is 29.8 Å². The van der Waals surface area contributed by atoms with E-state index in [4.69, 9.17) is 4.74 Å². The number of benzene rings is 1. The number of nitrogens with zero attached hydrogens (tertiary/aromatic N) is 1. The van der Waals surface area contributed by atoms with E-state index in [1.165, 1.54) is 77.0 Å². The lowest BCUT2D eigenvalue weighted by atomic mass is 10.0. The first-order valence-electron chi connectivity index (χ1n) is 14.3. The molecule has 0 aliphatic carbocycles. The third-order valence-electron chi connectivity index (χ3n) is 6.93. The Hall–Kier alpha value is -2.34. The zero-order valence-corrected chi connectivity index (χ0v) is 22.3. The molecule has 0 radical (unpaired) electrons. The topological polar surface area (TPSA) is 88.8 Å². The van der Waals surface area contributed by atoms with Crippen molar-refractivity contribution < 1.29 is 24.5 Å². The van der Waals surface area contributed by atoms with Crippen LogP contribution >= 0.6 is 0 Å². The minimum atomic E-state index is -1.44. The SMILES string of the molecule is CCCCCCCCCCCCCCCCCC(=O)c1c(OC(=O)O)n(CCCO)c2ccccc12. The van der Waals surface area contributed by atoms with E-state index in [-0.39, 0.29) is 18.3 Å². The monoisotopic (exact) mass is 501 g/mol. The van der Waals surface area contributed by atoms with Crippen molar-refractivity contribution in [1.29, 1.82) is 0 Å². The van der Waals surface area contributed by atoms with Gasteiger partial charge in [0, 0.05) is 25.0 Å². The number of para-hydroxylation sites is 1. The molecule has 202 valence electrons. The standard InChI is InChI=1S/C30H47NO5/c1-2-3-4-5-6-7-8-9-10-11-12-13-14-15-16-22-27(33)28-25-20-17-18-21-26(25)31(23-19-24-32)29(28)36-30(34)35/h17-18,20-21,32H,2-16,19,22-24H2,1H3,(H,34,35). The van der Waals surface area contributed by atoms with Crippen LogP contribution in [0.5, 0.6) is 5.88 Å². The van der Waals surface area contributed by atoms with E-state index in [0.717, 1.165) is 24.8 Å². The predicted molar refractivity (Wildman–Crippen MR) is 146 cm³/mol. The molecule has 0 spiro atoms. The molecule has 0 aliphatic rings. The summed E-state index contributed by atoms with van der Waals surface area (Å²) in [6.07, 6.45) is 18.4. The number of carbonyl (C=O) groups is 2. The first kappa shape index (κ1) is 29.9. The van der Waals surface area contributed by atoms with Gasteiger partial charge < -0.3 is 19.5 Å². The van der Waals surface area contributed by atoms with Crippen molar-refractivity contribution in [2.45, 2.75) is 123 Å². The van der Waals surface area contributed by atoms with Gasteiger partial charge in [-0.1, -0.05) is 115 Å². The van der Waals surface area contributed by atoms with Gasteiger partial charge in [-0.05, 0) is 18.9 Å². The molecule has 2 N–H and O–H groups in total. The lowest BCUT2D eigenvalue weighted by molar-refractivity contribution is 0.0975. The smallest absolute Gasteiger partial charge is 0.449 e. The van der Waals surface area contributed by atoms with Crippen molar-refractivity contribution in [2.24, 2.45) is 0 Å². The third-order valence-corrected chi connectivity index (χ3v) is 6.93. The van der Waals surface area contributed by atoms with E-state index in [2.05, 4.69) is 6.92 Å². The number of carbonyl (C=O) groups excluding carboxylic acids is 1.